The van der Waals surface area contributed by atoms with Crippen molar-refractivity contribution in [3.8, 4) is 5.69 Å². The number of para-hydroxylation sites is 1. The van der Waals surface area contributed by atoms with Crippen LogP contribution in [0.25, 0.3) is 5.69 Å². The Kier molecular flexibility index (Phi) is 6.27. The molecule has 0 saturated carbocycles. The Morgan fingerprint density at radius 1 is 1.00 bits per heavy atom. The third-order valence-electron chi connectivity index (χ3n) is 5.11. The molecule has 1 fully saturated rings. The summed E-state index contributed by atoms with van der Waals surface area (Å²) in [4.78, 5) is 17.3. The Morgan fingerprint density at radius 3 is 2.34 bits per heavy atom. The molecule has 1 aliphatic rings. The number of hydrogen-bond acceptors (Lipinski definition) is 5. The maximum absolute atomic E-state index is 13.0. The molecular weight excluding hydrogens is 382 g/mol. The average Bonchev–Trinajstić information content (AvgIpc) is 3.23. The lowest BCUT2D eigenvalue weighted by Crippen LogP contribution is -2.50. The minimum atomic E-state index is -0.206. The van der Waals surface area contributed by atoms with Crippen molar-refractivity contribution >= 4 is 17.7 Å². The van der Waals surface area contributed by atoms with Crippen LogP contribution in [0.2, 0.25) is 0 Å². The fraction of sp³-hybridized carbons (Fsp3) is 0.318. The third-order valence-corrected chi connectivity index (χ3v) is 6.16. The lowest BCUT2D eigenvalue weighted by Gasteiger charge is -2.35. The van der Waals surface area contributed by atoms with E-state index in [1.165, 1.54) is 17.3 Å². The van der Waals surface area contributed by atoms with Crippen LogP contribution in [-0.4, -0.2) is 61.9 Å². The molecule has 6 nitrogen and oxygen atoms in total. The molecule has 1 amide bonds. The van der Waals surface area contributed by atoms with Crippen LogP contribution in [0.4, 0.5) is 0 Å². The fourth-order valence-corrected chi connectivity index (χ4v) is 4.43. The van der Waals surface area contributed by atoms with Gasteiger partial charge in [0.2, 0.25) is 5.91 Å². The van der Waals surface area contributed by atoms with Crippen molar-refractivity contribution < 1.29 is 4.79 Å². The minimum Gasteiger partial charge on any atom is -0.339 e. The first-order valence-corrected chi connectivity index (χ1v) is 10.8. The van der Waals surface area contributed by atoms with Gasteiger partial charge in [-0.05, 0) is 24.6 Å². The van der Waals surface area contributed by atoms with E-state index in [9.17, 15) is 4.79 Å². The van der Waals surface area contributed by atoms with E-state index in [-0.39, 0.29) is 11.2 Å². The van der Waals surface area contributed by atoms with Crippen molar-refractivity contribution in [3.63, 3.8) is 0 Å². The van der Waals surface area contributed by atoms with Crippen LogP contribution in [0.5, 0.6) is 0 Å². The zero-order valence-electron chi connectivity index (χ0n) is 16.5. The van der Waals surface area contributed by atoms with Gasteiger partial charge in [-0.3, -0.25) is 14.3 Å². The number of benzene rings is 2. The van der Waals surface area contributed by atoms with Gasteiger partial charge in [-0.1, -0.05) is 60.3 Å². The summed E-state index contributed by atoms with van der Waals surface area (Å²) in [6.45, 7) is 6.22. The summed E-state index contributed by atoms with van der Waals surface area (Å²) < 4.78 is 1.92. The van der Waals surface area contributed by atoms with Gasteiger partial charge in [0, 0.05) is 38.4 Å². The summed E-state index contributed by atoms with van der Waals surface area (Å²) in [7, 11) is 0. The molecule has 0 radical (unpaired) electrons. The van der Waals surface area contributed by atoms with Gasteiger partial charge in [0.1, 0.15) is 6.33 Å². The number of piperazine rings is 1. The van der Waals surface area contributed by atoms with Gasteiger partial charge in [-0.2, -0.15) is 0 Å². The molecule has 2 heterocycles. The number of nitrogens with zero attached hydrogens (tertiary/aromatic N) is 5. The van der Waals surface area contributed by atoms with Crippen molar-refractivity contribution in [2.24, 2.45) is 0 Å². The van der Waals surface area contributed by atoms with E-state index in [0.29, 0.717) is 0 Å². The molecular formula is C22H25N5OS. The van der Waals surface area contributed by atoms with E-state index in [2.05, 4.69) is 39.4 Å². The Morgan fingerprint density at radius 2 is 1.66 bits per heavy atom. The monoisotopic (exact) mass is 407 g/mol. The van der Waals surface area contributed by atoms with Crippen LogP contribution >= 0.6 is 11.8 Å². The zero-order valence-corrected chi connectivity index (χ0v) is 17.3. The van der Waals surface area contributed by atoms with Gasteiger partial charge in [0.15, 0.2) is 5.16 Å². The highest BCUT2D eigenvalue weighted by Crippen LogP contribution is 2.25. The van der Waals surface area contributed by atoms with Crippen LogP contribution < -0.4 is 0 Å². The van der Waals surface area contributed by atoms with Gasteiger partial charge < -0.3 is 4.90 Å². The van der Waals surface area contributed by atoms with Crippen molar-refractivity contribution in [3.05, 3.63) is 72.6 Å². The first-order valence-electron chi connectivity index (χ1n) is 9.88. The average molecular weight is 408 g/mol. The lowest BCUT2D eigenvalue weighted by molar-refractivity contribution is -0.132. The standard InChI is InChI=1S/C22H25N5OS/c1-18(29-22-24-23-17-27(22)20-10-6-3-7-11-20)21(28)26-14-12-25(13-15-26)16-19-8-4-2-5-9-19/h2-11,17-18H,12-16H2,1H3. The maximum Gasteiger partial charge on any atom is 0.235 e. The largest absolute Gasteiger partial charge is 0.339 e. The molecule has 29 heavy (non-hydrogen) atoms. The molecule has 1 aromatic heterocycles. The third kappa shape index (κ3) is 4.86. The number of rotatable bonds is 6. The molecule has 2 aromatic carbocycles. The van der Waals surface area contributed by atoms with Gasteiger partial charge in [-0.25, -0.2) is 0 Å². The van der Waals surface area contributed by atoms with E-state index < -0.39 is 0 Å². The molecule has 1 saturated heterocycles. The molecule has 4 rings (SSSR count). The Labute approximate surface area is 175 Å². The first kappa shape index (κ1) is 19.7. The highest BCUT2D eigenvalue weighted by Gasteiger charge is 2.26. The minimum absolute atomic E-state index is 0.164. The van der Waals surface area contributed by atoms with E-state index in [1.54, 1.807) is 6.33 Å². The number of amides is 1. The van der Waals surface area contributed by atoms with Crippen molar-refractivity contribution in [2.45, 2.75) is 23.9 Å². The van der Waals surface area contributed by atoms with Gasteiger partial charge in [0.05, 0.1) is 5.25 Å². The second-order valence-electron chi connectivity index (χ2n) is 7.17. The Balaban J connectivity index is 1.32. The fourth-order valence-electron chi connectivity index (χ4n) is 3.50. The summed E-state index contributed by atoms with van der Waals surface area (Å²) in [6, 6.07) is 20.4. The van der Waals surface area contributed by atoms with Crippen LogP contribution in [0.15, 0.2) is 72.1 Å². The summed E-state index contributed by atoms with van der Waals surface area (Å²) in [5, 5.41) is 8.78. The molecule has 150 valence electrons. The maximum atomic E-state index is 13.0. The molecule has 1 unspecified atom stereocenters. The Hall–Kier alpha value is -2.64. The molecule has 0 spiro atoms. The normalized spacial score (nSPS) is 16.0. The van der Waals surface area contributed by atoms with Gasteiger partial charge in [-0.15, -0.1) is 10.2 Å². The topological polar surface area (TPSA) is 54.3 Å². The van der Waals surface area contributed by atoms with Crippen LogP contribution in [0.3, 0.4) is 0 Å². The molecule has 0 bridgehead atoms. The van der Waals surface area contributed by atoms with Crippen LogP contribution in [0, 0.1) is 0 Å². The number of hydrogen-bond donors (Lipinski definition) is 0. The van der Waals surface area contributed by atoms with Gasteiger partial charge in [0.25, 0.3) is 0 Å². The second-order valence-corrected chi connectivity index (χ2v) is 8.47. The van der Waals surface area contributed by atoms with Crippen molar-refractivity contribution in [1.29, 1.82) is 0 Å². The molecule has 7 heteroatoms. The molecule has 0 N–H and O–H groups in total. The highest BCUT2D eigenvalue weighted by atomic mass is 32.2. The van der Waals surface area contributed by atoms with E-state index in [4.69, 9.17) is 0 Å². The molecule has 1 atom stereocenters. The smallest absolute Gasteiger partial charge is 0.235 e. The summed E-state index contributed by atoms with van der Waals surface area (Å²) >= 11 is 1.46. The Bertz CT molecular complexity index is 923. The number of carbonyl (C=O) groups excluding carboxylic acids is 1. The number of carbonyl (C=O) groups is 1. The van der Waals surface area contributed by atoms with E-state index >= 15 is 0 Å². The first-order chi connectivity index (χ1) is 14.2. The van der Waals surface area contributed by atoms with Crippen molar-refractivity contribution in [1.82, 2.24) is 24.6 Å². The number of aromatic nitrogens is 3. The molecule has 0 aliphatic carbocycles. The second kappa shape index (κ2) is 9.24. The quantitative estimate of drug-likeness (QED) is 0.588. The van der Waals surface area contributed by atoms with Gasteiger partial charge >= 0.3 is 0 Å². The summed E-state index contributed by atoms with van der Waals surface area (Å²) in [6.07, 6.45) is 1.69. The predicted octanol–water partition coefficient (Wildman–Crippen LogP) is 3.09. The van der Waals surface area contributed by atoms with Crippen LogP contribution in [-0.2, 0) is 11.3 Å². The molecule has 3 aromatic rings. The SMILES string of the molecule is CC(Sc1nncn1-c1ccccc1)C(=O)N1CCN(Cc2ccccc2)CC1. The van der Waals surface area contributed by atoms with Crippen LogP contribution in [0.1, 0.15) is 12.5 Å². The summed E-state index contributed by atoms with van der Waals surface area (Å²) in [5.74, 6) is 0.164. The zero-order chi connectivity index (χ0) is 20.1. The molecule has 1 aliphatic heterocycles. The summed E-state index contributed by atoms with van der Waals surface area (Å²) in [5.41, 5.74) is 2.31. The predicted molar refractivity (Wildman–Crippen MR) is 115 cm³/mol. The van der Waals surface area contributed by atoms with E-state index in [1.807, 2.05) is 52.8 Å². The highest BCUT2D eigenvalue weighted by molar-refractivity contribution is 8.00. The van der Waals surface area contributed by atoms with Crippen molar-refractivity contribution in [2.75, 3.05) is 26.2 Å². The van der Waals surface area contributed by atoms with E-state index in [0.717, 1.165) is 43.6 Å². The lowest BCUT2D eigenvalue weighted by atomic mass is 10.2. The number of thioether (sulfide) groups is 1.